The fourth-order valence-corrected chi connectivity index (χ4v) is 3.44. The third kappa shape index (κ3) is 3.83. The van der Waals surface area contributed by atoms with Crippen molar-refractivity contribution in [2.45, 2.75) is 36.8 Å². The molecule has 0 rings (SSSR count). The molecule has 0 fully saturated rings. The second kappa shape index (κ2) is 7.17. The summed E-state index contributed by atoms with van der Waals surface area (Å²) in [6, 6.07) is 1.17. The SMILES string of the molecule is CCC(OC)(OC)C(S)CC[SiH2]S. The van der Waals surface area contributed by atoms with Crippen molar-refractivity contribution in [3.63, 3.8) is 0 Å². The molecule has 5 heteroatoms. The second-order valence-electron chi connectivity index (χ2n) is 2.96. The number of hydrogen-bond donors (Lipinski definition) is 2. The van der Waals surface area contributed by atoms with Gasteiger partial charge in [0.05, 0.1) is 13.9 Å². The summed E-state index contributed by atoms with van der Waals surface area (Å²) in [4.78, 5) is 0. The Kier molecular flexibility index (Phi) is 7.63. The molecule has 80 valence electrons. The molecule has 1 atom stereocenters. The molecule has 0 heterocycles. The first kappa shape index (κ1) is 13.8. The fourth-order valence-electron chi connectivity index (χ4n) is 1.38. The lowest BCUT2D eigenvalue weighted by Crippen LogP contribution is -2.42. The first-order valence-corrected chi connectivity index (χ1v) is 8.60. The lowest BCUT2D eigenvalue weighted by atomic mass is 10.1. The molecular formula is C8H20O2S2Si. The largest absolute Gasteiger partial charge is 0.352 e. The van der Waals surface area contributed by atoms with Crippen LogP contribution in [0.3, 0.4) is 0 Å². The van der Waals surface area contributed by atoms with Crippen LogP contribution in [0.1, 0.15) is 19.8 Å². The first-order valence-electron chi connectivity index (χ1n) is 4.56. The first-order chi connectivity index (χ1) is 6.16. The van der Waals surface area contributed by atoms with E-state index in [-0.39, 0.29) is 13.9 Å². The molecule has 1 unspecified atom stereocenters. The summed E-state index contributed by atoms with van der Waals surface area (Å²) in [6.45, 7) is 2.05. The summed E-state index contributed by atoms with van der Waals surface area (Å²) >= 11 is 8.83. The standard InChI is InChI=1S/C8H20O2S2Si/c1-4-8(9-2,10-3)7(11)5-6-13-12/h7,11-12H,4-6,13H2,1-3H3. The number of hydrogen-bond acceptors (Lipinski definition) is 4. The van der Waals surface area contributed by atoms with Crippen LogP contribution in [-0.2, 0) is 9.47 Å². The lowest BCUT2D eigenvalue weighted by molar-refractivity contribution is -0.207. The maximum absolute atomic E-state index is 5.39. The third-order valence-electron chi connectivity index (χ3n) is 2.33. The Balaban J connectivity index is 4.17. The predicted molar refractivity (Wildman–Crippen MR) is 66.8 cm³/mol. The van der Waals surface area contributed by atoms with Gasteiger partial charge in [-0.15, -0.1) is 0 Å². The maximum atomic E-state index is 5.39. The van der Waals surface area contributed by atoms with Gasteiger partial charge in [0.25, 0.3) is 0 Å². The number of ether oxygens (including phenoxy) is 2. The molecule has 0 saturated heterocycles. The molecular weight excluding hydrogens is 220 g/mol. The molecule has 0 radical (unpaired) electrons. The average molecular weight is 240 g/mol. The van der Waals surface area contributed by atoms with Crippen LogP contribution in [0.15, 0.2) is 0 Å². The summed E-state index contributed by atoms with van der Waals surface area (Å²) in [5.74, 6) is -0.513. The number of thiol groups is 2. The van der Waals surface area contributed by atoms with Crippen LogP contribution in [0.4, 0.5) is 0 Å². The Morgan fingerprint density at radius 2 is 1.92 bits per heavy atom. The monoisotopic (exact) mass is 240 g/mol. The van der Waals surface area contributed by atoms with Gasteiger partial charge < -0.3 is 9.47 Å². The molecule has 0 amide bonds. The predicted octanol–water partition coefficient (Wildman–Crippen LogP) is 1.51. The van der Waals surface area contributed by atoms with Crippen molar-refractivity contribution in [1.29, 1.82) is 0 Å². The molecule has 0 bridgehead atoms. The second-order valence-corrected chi connectivity index (χ2v) is 6.07. The zero-order chi connectivity index (χ0) is 10.3. The van der Waals surface area contributed by atoms with Gasteiger partial charge >= 0.3 is 0 Å². The normalized spacial score (nSPS) is 15.5. The van der Waals surface area contributed by atoms with Crippen molar-refractivity contribution in [2.75, 3.05) is 14.2 Å². The van der Waals surface area contributed by atoms with Crippen molar-refractivity contribution in [3.8, 4) is 0 Å². The van der Waals surface area contributed by atoms with E-state index in [0.717, 1.165) is 12.8 Å². The minimum atomic E-state index is -0.513. The van der Waals surface area contributed by atoms with Gasteiger partial charge in [-0.3, -0.25) is 0 Å². The zero-order valence-electron chi connectivity index (χ0n) is 8.62. The Hall–Kier alpha value is 0.837. The number of rotatable bonds is 7. The lowest BCUT2D eigenvalue weighted by Gasteiger charge is -2.34. The topological polar surface area (TPSA) is 18.5 Å². The molecule has 0 aromatic carbocycles. The maximum Gasteiger partial charge on any atom is 0.178 e. The summed E-state index contributed by atoms with van der Waals surface area (Å²) in [5.41, 5.74) is 0. The molecule has 0 aliphatic carbocycles. The van der Waals surface area contributed by atoms with E-state index in [2.05, 4.69) is 24.7 Å². The summed E-state index contributed by atoms with van der Waals surface area (Å²) in [7, 11) is 3.17. The molecule has 0 spiro atoms. The minimum Gasteiger partial charge on any atom is -0.352 e. The van der Waals surface area contributed by atoms with Crippen LogP contribution < -0.4 is 0 Å². The van der Waals surface area contributed by atoms with Crippen molar-refractivity contribution >= 4 is 33.4 Å². The van der Waals surface area contributed by atoms with Gasteiger partial charge in [-0.05, 0) is 12.8 Å². The van der Waals surface area contributed by atoms with Crippen LogP contribution in [0, 0.1) is 0 Å². The Labute approximate surface area is 94.0 Å². The molecule has 0 aliphatic heterocycles. The average Bonchev–Trinajstić information content (AvgIpc) is 2.18. The minimum absolute atomic E-state index is 0.146. The fraction of sp³-hybridized carbons (Fsp3) is 1.00. The van der Waals surface area contributed by atoms with Crippen molar-refractivity contribution in [2.24, 2.45) is 0 Å². The van der Waals surface area contributed by atoms with Gasteiger partial charge in [0.1, 0.15) is 0 Å². The van der Waals surface area contributed by atoms with E-state index in [9.17, 15) is 0 Å². The molecule has 0 aliphatic rings. The highest BCUT2D eigenvalue weighted by Gasteiger charge is 2.34. The highest BCUT2D eigenvalue weighted by atomic mass is 32.3. The van der Waals surface area contributed by atoms with Gasteiger partial charge in [-0.2, -0.15) is 12.6 Å². The number of methoxy groups -OCH3 is 2. The summed E-state index contributed by atoms with van der Waals surface area (Å²) in [6.07, 6.45) is 1.84. The summed E-state index contributed by atoms with van der Waals surface area (Å²) in [5, 5.41) is 0.146. The van der Waals surface area contributed by atoms with Crippen molar-refractivity contribution in [1.82, 2.24) is 0 Å². The molecule has 0 N–H and O–H groups in total. The van der Waals surface area contributed by atoms with E-state index >= 15 is 0 Å². The Morgan fingerprint density at radius 1 is 1.38 bits per heavy atom. The Bertz CT molecular complexity index is 123. The van der Waals surface area contributed by atoms with E-state index in [1.165, 1.54) is 6.04 Å². The van der Waals surface area contributed by atoms with Crippen molar-refractivity contribution in [3.05, 3.63) is 0 Å². The van der Waals surface area contributed by atoms with Crippen LogP contribution in [0.25, 0.3) is 0 Å². The van der Waals surface area contributed by atoms with Gasteiger partial charge in [-0.1, -0.05) is 13.0 Å². The van der Waals surface area contributed by atoms with E-state index in [1.807, 2.05) is 6.92 Å². The summed E-state index contributed by atoms with van der Waals surface area (Å²) < 4.78 is 10.8. The molecule has 2 nitrogen and oxygen atoms in total. The quantitative estimate of drug-likeness (QED) is 0.399. The van der Waals surface area contributed by atoms with Gasteiger partial charge in [0.2, 0.25) is 0 Å². The van der Waals surface area contributed by atoms with Crippen LogP contribution in [0.5, 0.6) is 0 Å². The smallest absolute Gasteiger partial charge is 0.178 e. The molecule has 0 aromatic rings. The van der Waals surface area contributed by atoms with E-state index < -0.39 is 5.79 Å². The van der Waals surface area contributed by atoms with Gasteiger partial charge in [-0.25, -0.2) is 12.1 Å². The molecule has 13 heavy (non-hydrogen) atoms. The van der Waals surface area contributed by atoms with Gasteiger partial charge in [0, 0.05) is 14.2 Å². The highest BCUT2D eigenvalue weighted by molar-refractivity contribution is 8.06. The van der Waals surface area contributed by atoms with E-state index in [1.54, 1.807) is 14.2 Å². The molecule has 0 saturated carbocycles. The third-order valence-corrected chi connectivity index (χ3v) is 4.65. The molecule has 0 aromatic heterocycles. The van der Waals surface area contributed by atoms with Crippen LogP contribution in [0.2, 0.25) is 6.04 Å². The zero-order valence-corrected chi connectivity index (χ0v) is 11.8. The Morgan fingerprint density at radius 3 is 2.23 bits per heavy atom. The van der Waals surface area contributed by atoms with Gasteiger partial charge in [0.15, 0.2) is 5.79 Å². The van der Waals surface area contributed by atoms with E-state index in [0.29, 0.717) is 0 Å². The highest BCUT2D eigenvalue weighted by Crippen LogP contribution is 2.28. The van der Waals surface area contributed by atoms with Crippen LogP contribution in [-0.4, -0.2) is 33.9 Å². The van der Waals surface area contributed by atoms with Crippen molar-refractivity contribution < 1.29 is 9.47 Å². The van der Waals surface area contributed by atoms with E-state index in [4.69, 9.17) is 9.47 Å². The van der Waals surface area contributed by atoms with Crippen LogP contribution >= 0.6 is 24.7 Å².